The van der Waals surface area contributed by atoms with Crippen LogP contribution in [-0.2, 0) is 27.8 Å². The largest absolute Gasteiger partial charge is 0.497 e. The van der Waals surface area contributed by atoms with Crippen molar-refractivity contribution in [1.29, 1.82) is 0 Å². The van der Waals surface area contributed by atoms with Crippen molar-refractivity contribution in [3.63, 3.8) is 0 Å². The standard InChI is InChI=1S/C33H34N4O4S2/c1-3-19-37(31(38)21-23-11-13-25(14-12-23)29-9-4-5-10-30(29)43(35,39)40)22-24-7-6-8-27(20-24)32(34)36-33(42)26-15-17-28(41-2)18-16-26/h4-18,20H,3,19,21-22H2,1-2H3,(H2,34,36,42)(H2,35,39,40). The molecule has 4 rings (SSSR count). The Labute approximate surface area is 258 Å². The number of hydrogen-bond acceptors (Lipinski definition) is 5. The van der Waals surface area contributed by atoms with Gasteiger partial charge in [-0.1, -0.05) is 79.8 Å². The molecule has 0 radical (unpaired) electrons. The number of sulfonamides is 1. The van der Waals surface area contributed by atoms with Gasteiger partial charge in [0.1, 0.15) is 16.6 Å². The van der Waals surface area contributed by atoms with Gasteiger partial charge in [-0.25, -0.2) is 18.5 Å². The van der Waals surface area contributed by atoms with E-state index in [1.807, 2.05) is 72.5 Å². The van der Waals surface area contributed by atoms with Crippen molar-refractivity contribution < 1.29 is 17.9 Å². The van der Waals surface area contributed by atoms with E-state index in [0.717, 1.165) is 28.9 Å². The maximum absolute atomic E-state index is 13.4. The molecule has 4 aromatic carbocycles. The first-order chi connectivity index (χ1) is 20.6. The highest BCUT2D eigenvalue weighted by molar-refractivity contribution is 7.89. The quantitative estimate of drug-likeness (QED) is 0.138. The lowest BCUT2D eigenvalue weighted by atomic mass is 10.0. The number of rotatable bonds is 11. The number of aliphatic imine (C=N–C) groups is 1. The third kappa shape index (κ3) is 8.35. The molecule has 1 amide bonds. The van der Waals surface area contributed by atoms with Gasteiger partial charge in [0.2, 0.25) is 15.9 Å². The zero-order valence-electron chi connectivity index (χ0n) is 24.1. The van der Waals surface area contributed by atoms with Crippen LogP contribution in [0.2, 0.25) is 0 Å². The van der Waals surface area contributed by atoms with E-state index in [4.69, 9.17) is 27.8 Å². The summed E-state index contributed by atoms with van der Waals surface area (Å²) in [6.45, 7) is 3.03. The summed E-state index contributed by atoms with van der Waals surface area (Å²) in [5.74, 6) is 0.998. The van der Waals surface area contributed by atoms with E-state index in [9.17, 15) is 13.2 Å². The highest BCUT2D eigenvalue weighted by atomic mass is 32.2. The van der Waals surface area contributed by atoms with Crippen molar-refractivity contribution in [3.05, 3.63) is 119 Å². The Hall–Kier alpha value is -4.38. The van der Waals surface area contributed by atoms with Gasteiger partial charge in [0.15, 0.2) is 0 Å². The minimum atomic E-state index is -3.87. The van der Waals surface area contributed by atoms with Crippen molar-refractivity contribution in [1.82, 2.24) is 4.90 Å². The molecule has 0 spiro atoms. The molecule has 0 aliphatic rings. The van der Waals surface area contributed by atoms with Crippen LogP contribution in [0, 0.1) is 0 Å². The molecule has 4 N–H and O–H groups in total. The van der Waals surface area contributed by atoms with Crippen molar-refractivity contribution in [2.45, 2.75) is 31.2 Å². The predicted octanol–water partition coefficient (Wildman–Crippen LogP) is 5.07. The molecule has 10 heteroatoms. The molecule has 0 heterocycles. The van der Waals surface area contributed by atoms with Gasteiger partial charge in [0.05, 0.1) is 18.4 Å². The summed E-state index contributed by atoms with van der Waals surface area (Å²) in [6, 6.07) is 28.8. The fourth-order valence-corrected chi connectivity index (χ4v) is 5.62. The Morgan fingerprint density at radius 1 is 0.907 bits per heavy atom. The molecule has 0 aliphatic heterocycles. The third-order valence-electron chi connectivity index (χ3n) is 6.82. The second-order valence-electron chi connectivity index (χ2n) is 9.96. The number of methoxy groups -OCH3 is 1. The van der Waals surface area contributed by atoms with Gasteiger partial charge in [-0.3, -0.25) is 4.79 Å². The molecular weight excluding hydrogens is 581 g/mol. The molecule has 0 aromatic heterocycles. The van der Waals surface area contributed by atoms with Gasteiger partial charge in [-0.15, -0.1) is 0 Å². The van der Waals surface area contributed by atoms with Gasteiger partial charge >= 0.3 is 0 Å². The average molecular weight is 615 g/mol. The van der Waals surface area contributed by atoms with Crippen molar-refractivity contribution >= 4 is 39.0 Å². The van der Waals surface area contributed by atoms with Crippen molar-refractivity contribution in [2.75, 3.05) is 13.7 Å². The Morgan fingerprint density at radius 2 is 1.60 bits per heavy atom. The highest BCUT2D eigenvalue weighted by Gasteiger charge is 2.17. The van der Waals surface area contributed by atoms with E-state index in [0.29, 0.717) is 40.6 Å². The molecule has 0 aliphatic carbocycles. The number of benzene rings is 4. The summed E-state index contributed by atoms with van der Waals surface area (Å²) in [5, 5.41) is 5.39. The molecule has 0 bridgehead atoms. The Kier molecular flexibility index (Phi) is 10.4. The number of amides is 1. The lowest BCUT2D eigenvalue weighted by Crippen LogP contribution is -2.32. The number of nitrogens with two attached hydrogens (primary N) is 2. The average Bonchev–Trinajstić information content (AvgIpc) is 3.01. The number of hydrogen-bond donors (Lipinski definition) is 2. The van der Waals surface area contributed by atoms with Crippen molar-refractivity contribution in [3.8, 4) is 16.9 Å². The van der Waals surface area contributed by atoms with Crippen LogP contribution in [0.25, 0.3) is 11.1 Å². The van der Waals surface area contributed by atoms with E-state index in [1.165, 1.54) is 6.07 Å². The lowest BCUT2D eigenvalue weighted by molar-refractivity contribution is -0.131. The maximum Gasteiger partial charge on any atom is 0.238 e. The molecule has 0 fully saturated rings. The van der Waals surface area contributed by atoms with Gasteiger partial charge in [-0.05, 0) is 59.5 Å². The molecule has 43 heavy (non-hydrogen) atoms. The summed E-state index contributed by atoms with van der Waals surface area (Å²) in [6.07, 6.45) is 1.00. The molecular formula is C33H34N4O4S2. The molecule has 0 saturated carbocycles. The van der Waals surface area contributed by atoms with Gasteiger partial charge in [0, 0.05) is 29.8 Å². The van der Waals surface area contributed by atoms with E-state index in [2.05, 4.69) is 4.99 Å². The Balaban J connectivity index is 1.46. The monoisotopic (exact) mass is 614 g/mol. The maximum atomic E-state index is 13.4. The number of carbonyl (C=O) groups excluding carboxylic acids is 1. The number of primary sulfonamides is 1. The molecule has 0 atom stereocenters. The molecule has 4 aromatic rings. The van der Waals surface area contributed by atoms with E-state index < -0.39 is 10.0 Å². The van der Waals surface area contributed by atoms with Gasteiger partial charge in [-0.2, -0.15) is 0 Å². The fraction of sp³-hybridized carbons (Fsp3) is 0.182. The van der Waals surface area contributed by atoms with Crippen LogP contribution in [0.5, 0.6) is 5.75 Å². The van der Waals surface area contributed by atoms with Crippen LogP contribution in [0.1, 0.15) is 35.6 Å². The number of ether oxygens (including phenoxy) is 1. The molecule has 8 nitrogen and oxygen atoms in total. The van der Waals surface area contributed by atoms with Gasteiger partial charge in [0.25, 0.3) is 0 Å². The predicted molar refractivity (Wildman–Crippen MR) is 175 cm³/mol. The molecule has 222 valence electrons. The smallest absolute Gasteiger partial charge is 0.238 e. The second kappa shape index (κ2) is 14.2. The van der Waals surface area contributed by atoms with Crippen molar-refractivity contribution in [2.24, 2.45) is 15.9 Å². The zero-order chi connectivity index (χ0) is 31.0. The van der Waals surface area contributed by atoms with E-state index >= 15 is 0 Å². The third-order valence-corrected chi connectivity index (χ3v) is 8.11. The fourth-order valence-electron chi connectivity index (χ4n) is 4.63. The summed E-state index contributed by atoms with van der Waals surface area (Å²) in [7, 11) is -2.27. The Morgan fingerprint density at radius 3 is 2.26 bits per heavy atom. The summed E-state index contributed by atoms with van der Waals surface area (Å²) >= 11 is 5.47. The summed E-state index contributed by atoms with van der Waals surface area (Å²) in [5.41, 5.74) is 10.7. The lowest BCUT2D eigenvalue weighted by Gasteiger charge is -2.23. The second-order valence-corrected chi connectivity index (χ2v) is 11.9. The van der Waals surface area contributed by atoms with Crippen LogP contribution < -0.4 is 15.6 Å². The number of nitrogens with zero attached hydrogens (tertiary/aromatic N) is 2. The van der Waals surface area contributed by atoms with E-state index in [1.54, 1.807) is 37.4 Å². The first-order valence-corrected chi connectivity index (χ1v) is 15.6. The zero-order valence-corrected chi connectivity index (χ0v) is 25.7. The molecule has 0 saturated heterocycles. The SMILES string of the molecule is CCCN(Cc1cccc(C(N)=NC(=S)c2ccc(OC)cc2)c1)C(=O)Cc1ccc(-c2ccccc2S(N)(=O)=O)cc1. The summed E-state index contributed by atoms with van der Waals surface area (Å²) in [4.78, 5) is 20.0. The van der Waals surface area contributed by atoms with Crippen LogP contribution in [0.4, 0.5) is 0 Å². The number of carbonyl (C=O) groups is 1. The van der Waals surface area contributed by atoms with Crippen LogP contribution >= 0.6 is 12.2 Å². The topological polar surface area (TPSA) is 128 Å². The van der Waals surface area contributed by atoms with Crippen LogP contribution in [0.15, 0.2) is 107 Å². The van der Waals surface area contributed by atoms with Crippen LogP contribution in [0.3, 0.4) is 0 Å². The minimum absolute atomic E-state index is 0.0211. The number of thiocarbonyl (C=S) groups is 1. The summed E-state index contributed by atoms with van der Waals surface area (Å²) < 4.78 is 29.2. The minimum Gasteiger partial charge on any atom is -0.497 e. The normalized spacial score (nSPS) is 11.7. The van der Waals surface area contributed by atoms with E-state index in [-0.39, 0.29) is 17.2 Å². The number of amidine groups is 1. The van der Waals surface area contributed by atoms with Gasteiger partial charge < -0.3 is 15.4 Å². The Bertz CT molecular complexity index is 1740. The van der Waals surface area contributed by atoms with Crippen LogP contribution in [-0.4, -0.2) is 43.7 Å². The molecule has 0 unspecified atom stereocenters. The highest BCUT2D eigenvalue weighted by Crippen LogP contribution is 2.27. The first kappa shape index (κ1) is 31.6. The first-order valence-electron chi connectivity index (χ1n) is 13.7.